The van der Waals surface area contributed by atoms with Crippen LogP contribution in [0.4, 0.5) is 0 Å². The molecule has 1 aromatic heterocycles. The summed E-state index contributed by atoms with van der Waals surface area (Å²) in [5, 5.41) is 14.1. The van der Waals surface area contributed by atoms with Gasteiger partial charge in [-0.3, -0.25) is 4.79 Å². The minimum Gasteiger partial charge on any atom is -0.373 e. The molecule has 0 saturated heterocycles. The molecule has 118 valence electrons. The highest BCUT2D eigenvalue weighted by atomic mass is 127. The number of fused-ring (bicyclic) bond motifs is 1. The number of hydrogen-bond donors (Lipinski definition) is 3. The number of aliphatic hydroxyl groups is 1. The predicted molar refractivity (Wildman–Crippen MR) is 99.3 cm³/mol. The Labute approximate surface area is 148 Å². The number of hydrogen-bond acceptors (Lipinski definition) is 2. The number of halogens is 1. The molecule has 23 heavy (non-hydrogen) atoms. The molecule has 0 bridgehead atoms. The van der Waals surface area contributed by atoms with Gasteiger partial charge in [0.05, 0.1) is 0 Å². The number of benzene rings is 2. The minimum absolute atomic E-state index is 0.224. The van der Waals surface area contributed by atoms with Crippen molar-refractivity contribution < 1.29 is 9.90 Å². The van der Waals surface area contributed by atoms with Crippen LogP contribution < -0.4 is 5.32 Å². The number of aliphatic hydroxyl groups excluding tert-OH is 1. The Kier molecular flexibility index (Phi) is 4.68. The fraction of sp³-hybridized carbons (Fsp3) is 0.167. The van der Waals surface area contributed by atoms with Crippen molar-refractivity contribution in [1.82, 2.24) is 10.3 Å². The van der Waals surface area contributed by atoms with E-state index in [1.807, 2.05) is 49.5 Å². The summed E-state index contributed by atoms with van der Waals surface area (Å²) in [4.78, 5) is 15.5. The van der Waals surface area contributed by atoms with Gasteiger partial charge in [0.25, 0.3) is 5.91 Å². The maximum Gasteiger partial charge on any atom is 0.253 e. The first kappa shape index (κ1) is 16.0. The van der Waals surface area contributed by atoms with Crippen molar-refractivity contribution in [3.8, 4) is 0 Å². The molecule has 0 aliphatic heterocycles. The molecule has 1 unspecified atom stereocenters. The van der Waals surface area contributed by atoms with E-state index in [1.165, 1.54) is 0 Å². The van der Waals surface area contributed by atoms with Crippen LogP contribution in [0.5, 0.6) is 0 Å². The van der Waals surface area contributed by atoms with Crippen LogP contribution in [-0.2, 0) is 0 Å². The lowest BCUT2D eigenvalue weighted by atomic mass is 9.98. The Morgan fingerprint density at radius 2 is 2.00 bits per heavy atom. The van der Waals surface area contributed by atoms with Gasteiger partial charge in [-0.15, -0.1) is 0 Å². The van der Waals surface area contributed by atoms with E-state index in [-0.39, 0.29) is 11.8 Å². The molecular weight excluding hydrogens is 403 g/mol. The molecule has 0 aliphatic carbocycles. The number of aromatic amines is 1. The number of rotatable bonds is 4. The van der Waals surface area contributed by atoms with Crippen molar-refractivity contribution in [1.29, 1.82) is 0 Å². The van der Waals surface area contributed by atoms with Gasteiger partial charge in [0.2, 0.25) is 0 Å². The predicted octanol–water partition coefficient (Wildman–Crippen LogP) is 3.62. The summed E-state index contributed by atoms with van der Waals surface area (Å²) in [6.07, 6.45) is 0.926. The van der Waals surface area contributed by atoms with Crippen LogP contribution in [-0.4, -0.2) is 22.2 Å². The van der Waals surface area contributed by atoms with Crippen molar-refractivity contribution in [2.24, 2.45) is 0 Å². The molecular formula is C18H17IN2O2. The lowest BCUT2D eigenvalue weighted by Crippen LogP contribution is -2.38. The Hall–Kier alpha value is -1.86. The van der Waals surface area contributed by atoms with Gasteiger partial charge in [0.15, 0.2) is 0 Å². The fourth-order valence-electron chi connectivity index (χ4n) is 2.61. The van der Waals surface area contributed by atoms with E-state index in [0.29, 0.717) is 5.56 Å². The van der Waals surface area contributed by atoms with E-state index in [9.17, 15) is 9.90 Å². The highest BCUT2D eigenvalue weighted by molar-refractivity contribution is 14.1. The molecule has 2 aromatic carbocycles. The van der Waals surface area contributed by atoms with Gasteiger partial charge in [0, 0.05) is 32.2 Å². The van der Waals surface area contributed by atoms with Gasteiger partial charge in [-0.2, -0.15) is 0 Å². The second-order valence-corrected chi connectivity index (χ2v) is 6.75. The van der Waals surface area contributed by atoms with E-state index >= 15 is 0 Å². The molecule has 0 aliphatic rings. The van der Waals surface area contributed by atoms with Crippen LogP contribution in [0.25, 0.3) is 10.9 Å². The quantitative estimate of drug-likeness (QED) is 0.446. The summed E-state index contributed by atoms with van der Waals surface area (Å²) in [5.74, 6) is -0.499. The van der Waals surface area contributed by atoms with Gasteiger partial charge < -0.3 is 15.4 Å². The van der Waals surface area contributed by atoms with Crippen LogP contribution in [0, 0.1) is 3.57 Å². The maximum absolute atomic E-state index is 12.3. The molecule has 3 N–H and O–H groups in total. The molecule has 0 spiro atoms. The monoisotopic (exact) mass is 420 g/mol. The lowest BCUT2D eigenvalue weighted by Gasteiger charge is -2.20. The fourth-order valence-corrected chi connectivity index (χ4v) is 3.16. The number of aromatic nitrogens is 1. The average molecular weight is 420 g/mol. The van der Waals surface area contributed by atoms with Crippen molar-refractivity contribution >= 4 is 39.4 Å². The molecule has 5 heteroatoms. The van der Waals surface area contributed by atoms with Crippen molar-refractivity contribution in [3.05, 3.63) is 69.4 Å². The van der Waals surface area contributed by atoms with E-state index in [4.69, 9.17) is 0 Å². The zero-order valence-corrected chi connectivity index (χ0v) is 14.7. The summed E-state index contributed by atoms with van der Waals surface area (Å²) in [7, 11) is 0. The maximum atomic E-state index is 12.3. The normalized spacial score (nSPS) is 13.7. The highest BCUT2D eigenvalue weighted by Crippen LogP contribution is 2.27. The number of carbonyl (C=O) groups is 1. The lowest BCUT2D eigenvalue weighted by molar-refractivity contribution is 0.0728. The van der Waals surface area contributed by atoms with Crippen LogP contribution >= 0.6 is 22.6 Å². The second-order valence-electron chi connectivity index (χ2n) is 5.51. The van der Waals surface area contributed by atoms with Gasteiger partial charge in [0.1, 0.15) is 6.23 Å². The number of para-hydroxylation sites is 1. The van der Waals surface area contributed by atoms with E-state index < -0.39 is 6.23 Å². The summed E-state index contributed by atoms with van der Waals surface area (Å²) in [6, 6.07) is 15.2. The van der Waals surface area contributed by atoms with E-state index in [0.717, 1.165) is 20.0 Å². The molecule has 3 rings (SSSR count). The second kappa shape index (κ2) is 6.72. The zero-order valence-electron chi connectivity index (χ0n) is 12.6. The number of carbonyl (C=O) groups excluding carboxylic acids is 1. The first-order valence-electron chi connectivity index (χ1n) is 7.37. The van der Waals surface area contributed by atoms with Crippen LogP contribution in [0.15, 0.2) is 54.7 Å². The minimum atomic E-state index is -0.959. The molecule has 2 atom stereocenters. The number of nitrogens with one attached hydrogen (secondary N) is 2. The number of amides is 1. The van der Waals surface area contributed by atoms with Gasteiger partial charge in [-0.05, 0) is 52.4 Å². The zero-order chi connectivity index (χ0) is 16.4. The van der Waals surface area contributed by atoms with Crippen molar-refractivity contribution in [2.45, 2.75) is 19.1 Å². The Balaban J connectivity index is 1.77. The first-order valence-corrected chi connectivity index (χ1v) is 8.44. The highest BCUT2D eigenvalue weighted by Gasteiger charge is 2.21. The summed E-state index contributed by atoms with van der Waals surface area (Å²) in [6.45, 7) is 1.90. The molecule has 4 nitrogen and oxygen atoms in total. The molecule has 0 radical (unpaired) electrons. The van der Waals surface area contributed by atoms with Gasteiger partial charge in [-0.25, -0.2) is 0 Å². The van der Waals surface area contributed by atoms with Crippen LogP contribution in [0.1, 0.15) is 28.8 Å². The van der Waals surface area contributed by atoms with Crippen LogP contribution in [0.2, 0.25) is 0 Å². The van der Waals surface area contributed by atoms with Gasteiger partial charge in [-0.1, -0.05) is 31.2 Å². The summed E-state index contributed by atoms with van der Waals surface area (Å²) < 4.78 is 0.981. The van der Waals surface area contributed by atoms with Gasteiger partial charge >= 0.3 is 0 Å². The third-order valence-corrected chi connectivity index (χ3v) is 4.62. The van der Waals surface area contributed by atoms with E-state index in [2.05, 4.69) is 32.9 Å². The standard InChI is InChI=1S/C18H17IN2O2/c1-11(15-10-20-16-8-3-2-7-14(15)16)17(22)21-18(23)12-5-4-6-13(19)9-12/h2-11,17,20,22H,1H3,(H,21,23)/t11?,17-/m1/s1. The first-order chi connectivity index (χ1) is 11.1. The van der Waals surface area contributed by atoms with Crippen molar-refractivity contribution in [3.63, 3.8) is 0 Å². The SMILES string of the molecule is CC(c1c[nH]c2ccccc12)[C@@H](O)NC(=O)c1cccc(I)c1. The Morgan fingerprint density at radius 1 is 1.22 bits per heavy atom. The molecule has 0 saturated carbocycles. The van der Waals surface area contributed by atoms with Crippen molar-refractivity contribution in [2.75, 3.05) is 0 Å². The third-order valence-electron chi connectivity index (χ3n) is 3.95. The molecule has 3 aromatic rings. The topological polar surface area (TPSA) is 65.1 Å². The van der Waals surface area contributed by atoms with E-state index in [1.54, 1.807) is 12.1 Å². The average Bonchev–Trinajstić information content (AvgIpc) is 2.98. The van der Waals surface area contributed by atoms with Crippen LogP contribution in [0.3, 0.4) is 0 Å². The number of H-pyrrole nitrogens is 1. The summed E-state index contributed by atoms with van der Waals surface area (Å²) in [5.41, 5.74) is 2.55. The largest absolute Gasteiger partial charge is 0.373 e. The molecule has 1 amide bonds. The molecule has 0 fully saturated rings. The third kappa shape index (κ3) is 3.40. The Morgan fingerprint density at radius 3 is 2.78 bits per heavy atom. The Bertz CT molecular complexity index is 844. The smallest absolute Gasteiger partial charge is 0.253 e. The molecule has 1 heterocycles. The summed E-state index contributed by atoms with van der Waals surface area (Å²) >= 11 is 2.16.